The molecule has 5 heteroatoms. The Morgan fingerprint density at radius 3 is 2.50 bits per heavy atom. The Morgan fingerprint density at radius 2 is 2.08 bits per heavy atom. The maximum Gasteiger partial charge on any atom is 0.472 e. The van der Waals surface area contributed by atoms with Gasteiger partial charge in [-0.3, -0.25) is 9.05 Å². The SMILES string of the molecule is CCCCOP(=O)(O)OC(C)C. The summed E-state index contributed by atoms with van der Waals surface area (Å²) in [5, 5.41) is 0. The highest BCUT2D eigenvalue weighted by Gasteiger charge is 2.21. The Balaban J connectivity index is 3.64. The van der Waals surface area contributed by atoms with Crippen LogP contribution in [0.4, 0.5) is 0 Å². The van der Waals surface area contributed by atoms with Crippen molar-refractivity contribution in [1.82, 2.24) is 0 Å². The van der Waals surface area contributed by atoms with Gasteiger partial charge in [0, 0.05) is 0 Å². The smallest absolute Gasteiger partial charge is 0.302 e. The van der Waals surface area contributed by atoms with E-state index in [1.54, 1.807) is 13.8 Å². The van der Waals surface area contributed by atoms with Crippen LogP contribution in [-0.4, -0.2) is 17.6 Å². The molecule has 0 rings (SSSR count). The first-order valence-corrected chi connectivity index (χ1v) is 5.63. The van der Waals surface area contributed by atoms with Crippen molar-refractivity contribution >= 4 is 7.82 Å². The summed E-state index contributed by atoms with van der Waals surface area (Å²) in [5.74, 6) is 0. The molecule has 0 spiro atoms. The van der Waals surface area contributed by atoms with Gasteiger partial charge in [-0.15, -0.1) is 0 Å². The van der Waals surface area contributed by atoms with Crippen LogP contribution in [0.2, 0.25) is 0 Å². The average molecular weight is 196 g/mol. The fourth-order valence-electron chi connectivity index (χ4n) is 0.621. The van der Waals surface area contributed by atoms with Crippen LogP contribution in [0.25, 0.3) is 0 Å². The minimum absolute atomic E-state index is 0.275. The van der Waals surface area contributed by atoms with Gasteiger partial charge in [-0.25, -0.2) is 4.57 Å². The number of unbranched alkanes of at least 4 members (excludes halogenated alkanes) is 1. The molecule has 0 saturated heterocycles. The Labute approximate surface area is 73.5 Å². The van der Waals surface area contributed by atoms with E-state index in [0.717, 1.165) is 12.8 Å². The first-order chi connectivity index (χ1) is 5.48. The standard InChI is InChI=1S/C7H17O4P/c1-4-5-6-10-12(8,9)11-7(2)3/h7H,4-6H2,1-3H3,(H,8,9). The Hall–Kier alpha value is 0.110. The van der Waals surface area contributed by atoms with E-state index in [2.05, 4.69) is 9.05 Å². The number of rotatable bonds is 6. The quantitative estimate of drug-likeness (QED) is 0.523. The minimum atomic E-state index is -3.78. The molecule has 0 aromatic carbocycles. The van der Waals surface area contributed by atoms with Crippen molar-refractivity contribution in [1.29, 1.82) is 0 Å². The summed E-state index contributed by atoms with van der Waals surface area (Å²) in [4.78, 5) is 9.02. The molecule has 12 heavy (non-hydrogen) atoms. The molecule has 0 aliphatic carbocycles. The third kappa shape index (κ3) is 6.80. The molecule has 0 aliphatic rings. The van der Waals surface area contributed by atoms with Gasteiger partial charge in [-0.2, -0.15) is 0 Å². The maximum atomic E-state index is 11.0. The number of phosphoric ester groups is 1. The van der Waals surface area contributed by atoms with Gasteiger partial charge in [0.25, 0.3) is 0 Å². The zero-order valence-corrected chi connectivity index (χ0v) is 8.71. The van der Waals surface area contributed by atoms with Crippen molar-refractivity contribution in [2.75, 3.05) is 6.61 Å². The monoisotopic (exact) mass is 196 g/mol. The Morgan fingerprint density at radius 1 is 1.50 bits per heavy atom. The molecule has 0 bridgehead atoms. The second-order valence-electron chi connectivity index (χ2n) is 2.81. The van der Waals surface area contributed by atoms with Gasteiger partial charge in [0.15, 0.2) is 0 Å². The molecular weight excluding hydrogens is 179 g/mol. The molecule has 0 heterocycles. The lowest BCUT2D eigenvalue weighted by atomic mass is 10.4. The van der Waals surface area contributed by atoms with Gasteiger partial charge < -0.3 is 4.89 Å². The second kappa shape index (κ2) is 5.70. The lowest BCUT2D eigenvalue weighted by molar-refractivity contribution is 0.120. The predicted molar refractivity (Wildman–Crippen MR) is 46.9 cm³/mol. The van der Waals surface area contributed by atoms with E-state index in [-0.39, 0.29) is 12.7 Å². The van der Waals surface area contributed by atoms with Crippen LogP contribution in [0.3, 0.4) is 0 Å². The van der Waals surface area contributed by atoms with Gasteiger partial charge in [0.1, 0.15) is 0 Å². The molecule has 4 nitrogen and oxygen atoms in total. The van der Waals surface area contributed by atoms with Crippen molar-refractivity contribution in [3.8, 4) is 0 Å². The molecule has 0 amide bonds. The van der Waals surface area contributed by atoms with Crippen molar-refractivity contribution < 1.29 is 18.5 Å². The van der Waals surface area contributed by atoms with Crippen LogP contribution in [0, 0.1) is 0 Å². The summed E-state index contributed by atoms with van der Waals surface area (Å²) in [7, 11) is -3.78. The molecule has 0 radical (unpaired) electrons. The molecule has 0 aromatic rings. The molecule has 0 aliphatic heterocycles. The topological polar surface area (TPSA) is 55.8 Å². The third-order valence-corrected chi connectivity index (χ3v) is 2.29. The summed E-state index contributed by atoms with van der Waals surface area (Å²) >= 11 is 0. The highest BCUT2D eigenvalue weighted by Crippen LogP contribution is 2.44. The van der Waals surface area contributed by atoms with E-state index in [1.807, 2.05) is 6.92 Å². The highest BCUT2D eigenvalue weighted by atomic mass is 31.2. The Kier molecular flexibility index (Phi) is 5.76. The summed E-state index contributed by atoms with van der Waals surface area (Å²) in [6.45, 7) is 5.63. The van der Waals surface area contributed by atoms with Gasteiger partial charge >= 0.3 is 7.82 Å². The number of hydrogen-bond acceptors (Lipinski definition) is 3. The van der Waals surface area contributed by atoms with Crippen molar-refractivity contribution in [3.63, 3.8) is 0 Å². The van der Waals surface area contributed by atoms with Gasteiger partial charge in [-0.05, 0) is 20.3 Å². The van der Waals surface area contributed by atoms with E-state index in [1.165, 1.54) is 0 Å². The fourth-order valence-corrected chi connectivity index (χ4v) is 1.57. The summed E-state index contributed by atoms with van der Waals surface area (Å²) in [6.07, 6.45) is 1.41. The summed E-state index contributed by atoms with van der Waals surface area (Å²) < 4.78 is 20.4. The van der Waals surface area contributed by atoms with Crippen molar-refractivity contribution in [2.45, 2.75) is 39.7 Å². The van der Waals surface area contributed by atoms with E-state index in [0.29, 0.717) is 0 Å². The van der Waals surface area contributed by atoms with Gasteiger partial charge in [0.2, 0.25) is 0 Å². The summed E-state index contributed by atoms with van der Waals surface area (Å²) in [6, 6.07) is 0. The zero-order chi connectivity index (χ0) is 9.61. The minimum Gasteiger partial charge on any atom is -0.302 e. The fraction of sp³-hybridized carbons (Fsp3) is 1.00. The maximum absolute atomic E-state index is 11.0. The van der Waals surface area contributed by atoms with Crippen molar-refractivity contribution in [2.24, 2.45) is 0 Å². The normalized spacial score (nSPS) is 16.4. The lowest BCUT2D eigenvalue weighted by Crippen LogP contribution is -2.03. The molecule has 1 atom stereocenters. The van der Waals surface area contributed by atoms with Gasteiger partial charge in [0.05, 0.1) is 12.7 Å². The van der Waals surface area contributed by atoms with Crippen LogP contribution in [0.5, 0.6) is 0 Å². The van der Waals surface area contributed by atoms with E-state index in [9.17, 15) is 4.57 Å². The number of hydrogen-bond donors (Lipinski definition) is 1. The first kappa shape index (κ1) is 12.1. The summed E-state index contributed by atoms with van der Waals surface area (Å²) in [5.41, 5.74) is 0. The van der Waals surface area contributed by atoms with Crippen molar-refractivity contribution in [3.05, 3.63) is 0 Å². The largest absolute Gasteiger partial charge is 0.472 e. The van der Waals surface area contributed by atoms with Gasteiger partial charge in [-0.1, -0.05) is 13.3 Å². The first-order valence-electron chi connectivity index (χ1n) is 4.13. The zero-order valence-electron chi connectivity index (χ0n) is 7.82. The predicted octanol–water partition coefficient (Wildman–Crippen LogP) is 2.33. The average Bonchev–Trinajstić information content (AvgIpc) is 1.84. The van der Waals surface area contributed by atoms with Crippen LogP contribution >= 0.6 is 7.82 Å². The molecule has 1 unspecified atom stereocenters. The van der Waals surface area contributed by atoms with E-state index >= 15 is 0 Å². The van der Waals surface area contributed by atoms with E-state index in [4.69, 9.17) is 4.89 Å². The molecular formula is C7H17O4P. The molecule has 0 aromatic heterocycles. The molecule has 74 valence electrons. The van der Waals surface area contributed by atoms with Crippen LogP contribution in [0.15, 0.2) is 0 Å². The van der Waals surface area contributed by atoms with E-state index < -0.39 is 7.82 Å². The Bertz CT molecular complexity index is 157. The molecule has 0 saturated carbocycles. The van der Waals surface area contributed by atoms with Crippen LogP contribution in [-0.2, 0) is 13.6 Å². The van der Waals surface area contributed by atoms with Crippen LogP contribution < -0.4 is 0 Å². The second-order valence-corrected chi connectivity index (χ2v) is 4.22. The molecule has 1 N–H and O–H groups in total. The van der Waals surface area contributed by atoms with Crippen LogP contribution in [0.1, 0.15) is 33.6 Å². The molecule has 0 fully saturated rings. The lowest BCUT2D eigenvalue weighted by Gasteiger charge is -2.13. The number of phosphoric acid groups is 1. The third-order valence-electron chi connectivity index (χ3n) is 1.10. The highest BCUT2D eigenvalue weighted by molar-refractivity contribution is 7.47.